The molecule has 2 saturated heterocycles. The van der Waals surface area contributed by atoms with Gasteiger partial charge in [0.05, 0.1) is 6.04 Å². The molecule has 2 aliphatic rings. The first-order chi connectivity index (χ1) is 8.96. The van der Waals surface area contributed by atoms with Crippen molar-refractivity contribution in [1.82, 2.24) is 15.1 Å². The molecular formula is C15H30ClN3O. The summed E-state index contributed by atoms with van der Waals surface area (Å²) < 4.78 is 0. The number of carbonyl (C=O) groups excluding carboxylic acids is 1. The van der Waals surface area contributed by atoms with Gasteiger partial charge in [0.2, 0.25) is 5.91 Å². The van der Waals surface area contributed by atoms with Crippen molar-refractivity contribution < 1.29 is 4.79 Å². The van der Waals surface area contributed by atoms with Gasteiger partial charge in [-0.05, 0) is 37.8 Å². The number of rotatable bonds is 3. The normalized spacial score (nSPS) is 24.6. The van der Waals surface area contributed by atoms with Crippen molar-refractivity contribution in [1.29, 1.82) is 0 Å². The Kier molecular flexibility index (Phi) is 6.76. The first-order valence-corrected chi connectivity index (χ1v) is 7.70. The second-order valence-electron chi connectivity index (χ2n) is 7.13. The van der Waals surface area contributed by atoms with E-state index in [4.69, 9.17) is 0 Å². The molecule has 2 aliphatic heterocycles. The van der Waals surface area contributed by atoms with Gasteiger partial charge in [0.25, 0.3) is 0 Å². The highest BCUT2D eigenvalue weighted by molar-refractivity contribution is 5.85. The monoisotopic (exact) mass is 303 g/mol. The van der Waals surface area contributed by atoms with Crippen LogP contribution in [0.5, 0.6) is 0 Å². The van der Waals surface area contributed by atoms with Crippen LogP contribution >= 0.6 is 12.4 Å². The van der Waals surface area contributed by atoms with E-state index in [9.17, 15) is 4.79 Å². The van der Waals surface area contributed by atoms with Crippen LogP contribution in [-0.4, -0.2) is 61.0 Å². The summed E-state index contributed by atoms with van der Waals surface area (Å²) in [4.78, 5) is 16.8. The number of nitrogens with zero attached hydrogens (tertiary/aromatic N) is 2. The maximum absolute atomic E-state index is 12.3. The van der Waals surface area contributed by atoms with E-state index >= 15 is 0 Å². The second kappa shape index (κ2) is 7.62. The van der Waals surface area contributed by atoms with E-state index in [0.717, 1.165) is 52.1 Å². The maximum atomic E-state index is 12.3. The largest absolute Gasteiger partial charge is 0.339 e. The van der Waals surface area contributed by atoms with Crippen LogP contribution in [0.15, 0.2) is 0 Å². The summed E-state index contributed by atoms with van der Waals surface area (Å²) >= 11 is 0. The molecule has 1 N–H and O–H groups in total. The predicted octanol–water partition coefficient (Wildman–Crippen LogP) is 1.74. The summed E-state index contributed by atoms with van der Waals surface area (Å²) in [7, 11) is 0. The number of amides is 1. The van der Waals surface area contributed by atoms with Gasteiger partial charge in [0.1, 0.15) is 0 Å². The summed E-state index contributed by atoms with van der Waals surface area (Å²) in [6, 6.07) is 0.0983. The lowest BCUT2D eigenvalue weighted by Gasteiger charge is -2.37. The van der Waals surface area contributed by atoms with Crippen LogP contribution in [0.4, 0.5) is 0 Å². The molecule has 1 atom stereocenters. The van der Waals surface area contributed by atoms with E-state index in [1.807, 2.05) is 0 Å². The molecular weight excluding hydrogens is 274 g/mol. The Bertz CT molecular complexity index is 303. The molecule has 118 valence electrons. The standard InChI is InChI=1S/C15H29N3O.ClH/c1-15(2,3)6-8-17-9-11-18(12-10-17)14(19)13-5-4-7-16-13;/h13,16H,4-12H2,1-3H3;1H. The molecule has 1 unspecified atom stereocenters. The molecule has 2 heterocycles. The topological polar surface area (TPSA) is 35.6 Å². The van der Waals surface area contributed by atoms with Crippen LogP contribution in [0.3, 0.4) is 0 Å². The van der Waals surface area contributed by atoms with Crippen molar-refractivity contribution in [2.75, 3.05) is 39.3 Å². The Hall–Kier alpha value is -0.320. The third kappa shape index (κ3) is 5.23. The predicted molar refractivity (Wildman–Crippen MR) is 85.4 cm³/mol. The molecule has 4 nitrogen and oxygen atoms in total. The highest BCUT2D eigenvalue weighted by Gasteiger charge is 2.29. The number of hydrogen-bond donors (Lipinski definition) is 1. The molecule has 2 rings (SSSR count). The third-order valence-electron chi connectivity index (χ3n) is 4.22. The molecule has 1 amide bonds. The summed E-state index contributed by atoms with van der Waals surface area (Å²) in [5.74, 6) is 0.327. The van der Waals surface area contributed by atoms with Crippen LogP contribution in [0.25, 0.3) is 0 Å². The first kappa shape index (κ1) is 17.7. The summed E-state index contributed by atoms with van der Waals surface area (Å²) in [5.41, 5.74) is 0.403. The smallest absolute Gasteiger partial charge is 0.239 e. The Morgan fingerprint density at radius 1 is 1.20 bits per heavy atom. The molecule has 5 heteroatoms. The van der Waals surface area contributed by atoms with Crippen molar-refractivity contribution in [3.8, 4) is 0 Å². The van der Waals surface area contributed by atoms with Crippen LogP contribution in [0.2, 0.25) is 0 Å². The van der Waals surface area contributed by atoms with Crippen molar-refractivity contribution in [3.63, 3.8) is 0 Å². The zero-order chi connectivity index (χ0) is 13.9. The Labute approximate surface area is 129 Å². The van der Waals surface area contributed by atoms with E-state index in [-0.39, 0.29) is 18.4 Å². The molecule has 0 aromatic heterocycles. The van der Waals surface area contributed by atoms with Gasteiger partial charge in [-0.15, -0.1) is 12.4 Å². The lowest BCUT2D eigenvalue weighted by Crippen LogP contribution is -2.53. The van der Waals surface area contributed by atoms with Gasteiger partial charge >= 0.3 is 0 Å². The Morgan fingerprint density at radius 2 is 1.85 bits per heavy atom. The molecule has 0 bridgehead atoms. The average molecular weight is 304 g/mol. The van der Waals surface area contributed by atoms with E-state index in [1.54, 1.807) is 0 Å². The first-order valence-electron chi connectivity index (χ1n) is 7.70. The lowest BCUT2D eigenvalue weighted by atomic mass is 9.92. The minimum absolute atomic E-state index is 0. The van der Waals surface area contributed by atoms with Gasteiger partial charge < -0.3 is 10.2 Å². The molecule has 2 fully saturated rings. The second-order valence-corrected chi connectivity index (χ2v) is 7.13. The minimum atomic E-state index is 0. The highest BCUT2D eigenvalue weighted by atomic mass is 35.5. The van der Waals surface area contributed by atoms with Gasteiger partial charge in [0.15, 0.2) is 0 Å². The zero-order valence-electron chi connectivity index (χ0n) is 13.2. The third-order valence-corrected chi connectivity index (χ3v) is 4.22. The van der Waals surface area contributed by atoms with E-state index in [1.165, 1.54) is 6.42 Å². The van der Waals surface area contributed by atoms with Gasteiger partial charge in [0, 0.05) is 26.2 Å². The number of nitrogens with one attached hydrogen (secondary N) is 1. The fraction of sp³-hybridized carbons (Fsp3) is 0.933. The number of halogens is 1. The molecule has 0 radical (unpaired) electrons. The number of carbonyl (C=O) groups is 1. The Balaban J connectivity index is 0.00000200. The highest BCUT2D eigenvalue weighted by Crippen LogP contribution is 2.19. The SMILES string of the molecule is CC(C)(C)CCN1CCN(C(=O)C2CCCN2)CC1.Cl. The number of hydrogen-bond acceptors (Lipinski definition) is 3. The van der Waals surface area contributed by atoms with Crippen LogP contribution in [-0.2, 0) is 4.79 Å². The van der Waals surface area contributed by atoms with Gasteiger partial charge in [-0.3, -0.25) is 9.69 Å². The van der Waals surface area contributed by atoms with Crippen molar-refractivity contribution in [2.24, 2.45) is 5.41 Å². The molecule has 0 spiro atoms. The zero-order valence-corrected chi connectivity index (χ0v) is 14.0. The van der Waals surface area contributed by atoms with Crippen LogP contribution in [0.1, 0.15) is 40.0 Å². The van der Waals surface area contributed by atoms with Gasteiger partial charge in [-0.2, -0.15) is 0 Å². The quantitative estimate of drug-likeness (QED) is 0.863. The molecule has 20 heavy (non-hydrogen) atoms. The Morgan fingerprint density at radius 3 is 2.35 bits per heavy atom. The van der Waals surface area contributed by atoms with E-state index < -0.39 is 0 Å². The van der Waals surface area contributed by atoms with Gasteiger partial charge in [-0.25, -0.2) is 0 Å². The molecule has 0 aromatic carbocycles. The molecule has 0 aliphatic carbocycles. The van der Waals surface area contributed by atoms with Crippen molar-refractivity contribution >= 4 is 18.3 Å². The van der Waals surface area contributed by atoms with Crippen molar-refractivity contribution in [2.45, 2.75) is 46.1 Å². The summed E-state index contributed by atoms with van der Waals surface area (Å²) in [5, 5.41) is 3.31. The molecule has 0 aromatic rings. The van der Waals surface area contributed by atoms with Gasteiger partial charge in [-0.1, -0.05) is 20.8 Å². The fourth-order valence-corrected chi connectivity index (χ4v) is 2.80. The van der Waals surface area contributed by atoms with Crippen LogP contribution in [0, 0.1) is 5.41 Å². The van der Waals surface area contributed by atoms with Crippen molar-refractivity contribution in [3.05, 3.63) is 0 Å². The molecule has 0 saturated carbocycles. The lowest BCUT2D eigenvalue weighted by molar-refractivity contribution is -0.134. The summed E-state index contributed by atoms with van der Waals surface area (Å²) in [6.45, 7) is 12.9. The maximum Gasteiger partial charge on any atom is 0.239 e. The fourth-order valence-electron chi connectivity index (χ4n) is 2.80. The van der Waals surface area contributed by atoms with Crippen LogP contribution < -0.4 is 5.32 Å². The average Bonchev–Trinajstić information content (AvgIpc) is 2.89. The van der Waals surface area contributed by atoms with E-state index in [0.29, 0.717) is 11.3 Å². The summed E-state index contributed by atoms with van der Waals surface area (Å²) in [6.07, 6.45) is 3.39. The van der Waals surface area contributed by atoms with E-state index in [2.05, 4.69) is 35.9 Å². The number of piperazine rings is 1. The minimum Gasteiger partial charge on any atom is -0.339 e.